The lowest BCUT2D eigenvalue weighted by Crippen LogP contribution is -2.45. The molecular formula is C10H20N2O5. The highest BCUT2D eigenvalue weighted by molar-refractivity contribution is 6.35. The summed E-state index contributed by atoms with van der Waals surface area (Å²) < 4.78 is 4.80. The maximum atomic E-state index is 11.5. The number of rotatable bonds is 8. The van der Waals surface area contributed by atoms with E-state index >= 15 is 0 Å². The molecule has 0 unspecified atom stereocenters. The summed E-state index contributed by atoms with van der Waals surface area (Å²) in [6.45, 7) is 0.428. The van der Waals surface area contributed by atoms with Crippen LogP contribution in [0.3, 0.4) is 0 Å². The van der Waals surface area contributed by atoms with E-state index in [0.29, 0.717) is 19.6 Å². The van der Waals surface area contributed by atoms with Crippen LogP contribution in [0.1, 0.15) is 6.42 Å². The Labute approximate surface area is 100 Å². The van der Waals surface area contributed by atoms with E-state index in [2.05, 4.69) is 5.32 Å². The van der Waals surface area contributed by atoms with Crippen LogP contribution in [0.4, 0.5) is 0 Å². The molecular weight excluding hydrogens is 228 g/mol. The summed E-state index contributed by atoms with van der Waals surface area (Å²) in [7, 11) is 1.55. The van der Waals surface area contributed by atoms with Gasteiger partial charge in [-0.25, -0.2) is 0 Å². The third-order valence-corrected chi connectivity index (χ3v) is 2.03. The maximum absolute atomic E-state index is 11.5. The summed E-state index contributed by atoms with van der Waals surface area (Å²) in [5.41, 5.74) is 0. The van der Waals surface area contributed by atoms with Gasteiger partial charge in [0.1, 0.15) is 0 Å². The molecule has 0 aromatic carbocycles. The fourth-order valence-corrected chi connectivity index (χ4v) is 1.19. The average Bonchev–Trinajstić information content (AvgIpc) is 2.33. The van der Waals surface area contributed by atoms with Crippen LogP contribution >= 0.6 is 0 Å². The van der Waals surface area contributed by atoms with Gasteiger partial charge in [-0.1, -0.05) is 0 Å². The molecule has 0 aromatic heterocycles. The van der Waals surface area contributed by atoms with Gasteiger partial charge in [-0.2, -0.15) is 0 Å². The molecule has 0 heterocycles. The van der Waals surface area contributed by atoms with Crippen LogP contribution < -0.4 is 5.32 Å². The largest absolute Gasteiger partial charge is 0.395 e. The zero-order valence-corrected chi connectivity index (χ0v) is 10.0. The van der Waals surface area contributed by atoms with Gasteiger partial charge in [0.05, 0.1) is 13.2 Å². The van der Waals surface area contributed by atoms with Crippen molar-refractivity contribution in [1.29, 1.82) is 0 Å². The number of carbonyl (C=O) groups is 2. The highest BCUT2D eigenvalue weighted by atomic mass is 16.5. The van der Waals surface area contributed by atoms with Crippen LogP contribution in [0.25, 0.3) is 0 Å². The number of methoxy groups -OCH3 is 1. The Hall–Kier alpha value is -1.18. The zero-order chi connectivity index (χ0) is 13.1. The van der Waals surface area contributed by atoms with Crippen molar-refractivity contribution in [2.45, 2.75) is 6.42 Å². The molecule has 0 aliphatic carbocycles. The molecule has 0 saturated heterocycles. The molecule has 0 aliphatic heterocycles. The lowest BCUT2D eigenvalue weighted by Gasteiger charge is -2.19. The van der Waals surface area contributed by atoms with Crippen molar-refractivity contribution in [3.63, 3.8) is 0 Å². The molecule has 0 bridgehead atoms. The van der Waals surface area contributed by atoms with Gasteiger partial charge in [0.25, 0.3) is 0 Å². The summed E-state index contributed by atoms with van der Waals surface area (Å²) in [5.74, 6) is -1.48. The third kappa shape index (κ3) is 6.88. The molecule has 0 rings (SSSR count). The molecule has 7 heteroatoms. The molecule has 17 heavy (non-hydrogen) atoms. The normalized spacial score (nSPS) is 10.1. The molecule has 0 aromatic rings. The Bertz CT molecular complexity index is 229. The molecule has 0 spiro atoms. The van der Waals surface area contributed by atoms with Crippen LogP contribution in [0.5, 0.6) is 0 Å². The summed E-state index contributed by atoms with van der Waals surface area (Å²) in [4.78, 5) is 24.0. The second-order valence-electron chi connectivity index (χ2n) is 3.34. The number of hydrogen-bond donors (Lipinski definition) is 3. The number of ether oxygens (including phenoxy) is 1. The van der Waals surface area contributed by atoms with Crippen molar-refractivity contribution in [3.8, 4) is 0 Å². The molecule has 0 radical (unpaired) electrons. The Kier molecular flexibility index (Phi) is 9.31. The van der Waals surface area contributed by atoms with Gasteiger partial charge in [-0.15, -0.1) is 0 Å². The number of aliphatic hydroxyl groups excluding tert-OH is 2. The molecule has 0 atom stereocenters. The Morgan fingerprint density at radius 1 is 1.24 bits per heavy atom. The van der Waals surface area contributed by atoms with E-state index in [4.69, 9.17) is 14.9 Å². The van der Waals surface area contributed by atoms with E-state index in [1.165, 1.54) is 0 Å². The first-order chi connectivity index (χ1) is 8.17. The van der Waals surface area contributed by atoms with Crippen molar-refractivity contribution in [2.24, 2.45) is 0 Å². The summed E-state index contributed by atoms with van der Waals surface area (Å²) in [5, 5.41) is 19.9. The van der Waals surface area contributed by atoms with Crippen molar-refractivity contribution in [3.05, 3.63) is 0 Å². The minimum absolute atomic E-state index is 0.0326. The van der Waals surface area contributed by atoms with E-state index in [-0.39, 0.29) is 26.3 Å². The summed E-state index contributed by atoms with van der Waals surface area (Å²) in [6, 6.07) is 0. The number of nitrogens with zero attached hydrogens (tertiary/aromatic N) is 1. The molecule has 0 saturated carbocycles. The highest BCUT2D eigenvalue weighted by Crippen LogP contribution is 1.90. The van der Waals surface area contributed by atoms with Gasteiger partial charge in [-0.05, 0) is 6.42 Å². The quantitative estimate of drug-likeness (QED) is 0.339. The minimum Gasteiger partial charge on any atom is -0.395 e. The maximum Gasteiger partial charge on any atom is 0.312 e. The van der Waals surface area contributed by atoms with E-state index in [1.54, 1.807) is 7.11 Å². The first-order valence-electron chi connectivity index (χ1n) is 5.45. The van der Waals surface area contributed by atoms with Crippen LogP contribution in [-0.4, -0.2) is 73.5 Å². The van der Waals surface area contributed by atoms with Crippen LogP contribution in [0.2, 0.25) is 0 Å². The smallest absolute Gasteiger partial charge is 0.312 e. The highest BCUT2D eigenvalue weighted by Gasteiger charge is 2.20. The predicted octanol–water partition coefficient (Wildman–Crippen LogP) is -2.05. The Morgan fingerprint density at radius 3 is 2.29 bits per heavy atom. The Balaban J connectivity index is 4.02. The van der Waals surface area contributed by atoms with E-state index in [1.807, 2.05) is 0 Å². The second kappa shape index (κ2) is 10.0. The summed E-state index contributed by atoms with van der Waals surface area (Å²) in [6.07, 6.45) is 0.621. The monoisotopic (exact) mass is 248 g/mol. The van der Waals surface area contributed by atoms with Gasteiger partial charge in [-0.3, -0.25) is 9.59 Å². The zero-order valence-electron chi connectivity index (χ0n) is 10.0. The molecule has 2 amide bonds. The number of carbonyl (C=O) groups excluding carboxylic acids is 2. The van der Waals surface area contributed by atoms with Gasteiger partial charge in [0, 0.05) is 33.4 Å². The lowest BCUT2D eigenvalue weighted by molar-refractivity contribution is -0.146. The standard InChI is InChI=1S/C10H20N2O5/c1-17-8-2-3-11-9(15)10(16)12(4-6-13)5-7-14/h13-14H,2-8H2,1H3,(H,11,15). The second-order valence-corrected chi connectivity index (χ2v) is 3.34. The predicted molar refractivity (Wildman–Crippen MR) is 60.3 cm³/mol. The van der Waals surface area contributed by atoms with Crippen molar-refractivity contribution in [2.75, 3.05) is 46.6 Å². The third-order valence-electron chi connectivity index (χ3n) is 2.03. The molecule has 7 nitrogen and oxygen atoms in total. The van der Waals surface area contributed by atoms with E-state index in [0.717, 1.165) is 4.90 Å². The molecule has 100 valence electrons. The van der Waals surface area contributed by atoms with Gasteiger partial charge < -0.3 is 25.2 Å². The topological polar surface area (TPSA) is 99.1 Å². The molecule has 3 N–H and O–H groups in total. The van der Waals surface area contributed by atoms with Crippen LogP contribution in [0, 0.1) is 0 Å². The number of aliphatic hydroxyl groups is 2. The molecule has 0 fully saturated rings. The van der Waals surface area contributed by atoms with Gasteiger partial charge in [0.15, 0.2) is 0 Å². The van der Waals surface area contributed by atoms with Crippen LogP contribution in [0.15, 0.2) is 0 Å². The summed E-state index contributed by atoms with van der Waals surface area (Å²) >= 11 is 0. The molecule has 0 aliphatic rings. The van der Waals surface area contributed by atoms with Crippen molar-refractivity contribution in [1.82, 2.24) is 10.2 Å². The first kappa shape index (κ1) is 15.8. The number of amides is 2. The van der Waals surface area contributed by atoms with Gasteiger partial charge in [0.2, 0.25) is 0 Å². The lowest BCUT2D eigenvalue weighted by atomic mass is 10.4. The van der Waals surface area contributed by atoms with Crippen molar-refractivity contribution < 1.29 is 24.5 Å². The van der Waals surface area contributed by atoms with Gasteiger partial charge >= 0.3 is 11.8 Å². The number of nitrogens with one attached hydrogen (secondary N) is 1. The first-order valence-corrected chi connectivity index (χ1v) is 5.45. The van der Waals surface area contributed by atoms with E-state index in [9.17, 15) is 9.59 Å². The fraction of sp³-hybridized carbons (Fsp3) is 0.800. The minimum atomic E-state index is -0.745. The Morgan fingerprint density at radius 2 is 1.82 bits per heavy atom. The SMILES string of the molecule is COCCCNC(=O)C(=O)N(CCO)CCO. The van der Waals surface area contributed by atoms with E-state index < -0.39 is 11.8 Å². The average molecular weight is 248 g/mol. The number of hydrogen-bond acceptors (Lipinski definition) is 5. The fourth-order valence-electron chi connectivity index (χ4n) is 1.19. The van der Waals surface area contributed by atoms with Crippen LogP contribution in [-0.2, 0) is 14.3 Å². The van der Waals surface area contributed by atoms with Crippen molar-refractivity contribution >= 4 is 11.8 Å².